The molecule has 0 spiro atoms. The third-order valence-corrected chi connectivity index (χ3v) is 4.13. The van der Waals surface area contributed by atoms with Crippen LogP contribution in [0.2, 0.25) is 0 Å². The predicted octanol–water partition coefficient (Wildman–Crippen LogP) is 3.03. The number of nitrogens with two attached hydrogens (primary N) is 1. The van der Waals surface area contributed by atoms with Crippen LogP contribution in [0.1, 0.15) is 12.5 Å². The number of carbonyl (C=O) groups excluding carboxylic acids is 1. The van der Waals surface area contributed by atoms with Crippen molar-refractivity contribution in [2.45, 2.75) is 13.5 Å². The normalized spacial score (nSPS) is 11.9. The van der Waals surface area contributed by atoms with Crippen molar-refractivity contribution in [3.63, 3.8) is 0 Å². The standard InChI is InChI=1S/C20H19N5O3/c1-12(26)23-15-4-2-3-14(8-15)16-9-19(25-20(21)24-16)22-10-13-5-6-17-18(7-13)28-11-27-17/h2-9H,10-11H2,1H3,(H,23,26)(H3,21,22,24,25). The van der Waals surface area contributed by atoms with E-state index in [2.05, 4.69) is 20.6 Å². The van der Waals surface area contributed by atoms with E-state index < -0.39 is 0 Å². The fraction of sp³-hybridized carbons (Fsp3) is 0.150. The van der Waals surface area contributed by atoms with Crippen LogP contribution in [0.3, 0.4) is 0 Å². The average molecular weight is 377 g/mol. The zero-order valence-electron chi connectivity index (χ0n) is 15.2. The van der Waals surface area contributed by atoms with E-state index in [1.54, 1.807) is 0 Å². The molecular weight excluding hydrogens is 358 g/mol. The number of nitrogen functional groups attached to an aromatic ring is 1. The number of fused-ring (bicyclic) bond motifs is 1. The molecule has 0 radical (unpaired) electrons. The minimum atomic E-state index is -0.134. The Balaban J connectivity index is 1.53. The lowest BCUT2D eigenvalue weighted by atomic mass is 10.1. The lowest BCUT2D eigenvalue weighted by molar-refractivity contribution is -0.114. The van der Waals surface area contributed by atoms with E-state index in [0.29, 0.717) is 23.7 Å². The van der Waals surface area contributed by atoms with Crippen molar-refractivity contribution in [2.24, 2.45) is 0 Å². The molecule has 8 heteroatoms. The minimum absolute atomic E-state index is 0.134. The Morgan fingerprint density at radius 1 is 1.11 bits per heavy atom. The Bertz CT molecular complexity index is 1040. The molecule has 4 N–H and O–H groups in total. The highest BCUT2D eigenvalue weighted by Gasteiger charge is 2.13. The van der Waals surface area contributed by atoms with Gasteiger partial charge < -0.3 is 25.8 Å². The van der Waals surface area contributed by atoms with Crippen molar-refractivity contribution >= 4 is 23.4 Å². The molecule has 1 aliphatic heterocycles. The number of nitrogens with one attached hydrogen (secondary N) is 2. The monoisotopic (exact) mass is 377 g/mol. The van der Waals surface area contributed by atoms with Gasteiger partial charge in [-0.15, -0.1) is 0 Å². The molecule has 0 unspecified atom stereocenters. The third kappa shape index (κ3) is 3.96. The molecule has 4 rings (SSSR count). The maximum absolute atomic E-state index is 11.3. The minimum Gasteiger partial charge on any atom is -0.454 e. The summed E-state index contributed by atoms with van der Waals surface area (Å²) < 4.78 is 10.7. The molecule has 142 valence electrons. The van der Waals surface area contributed by atoms with Crippen molar-refractivity contribution in [1.82, 2.24) is 9.97 Å². The van der Waals surface area contributed by atoms with Gasteiger partial charge in [0.05, 0.1) is 5.69 Å². The molecule has 3 aromatic rings. The highest BCUT2D eigenvalue weighted by molar-refractivity contribution is 5.89. The van der Waals surface area contributed by atoms with Crippen molar-refractivity contribution < 1.29 is 14.3 Å². The van der Waals surface area contributed by atoms with Gasteiger partial charge >= 0.3 is 0 Å². The van der Waals surface area contributed by atoms with E-state index in [0.717, 1.165) is 22.6 Å². The molecular formula is C20H19N5O3. The number of rotatable bonds is 5. The maximum atomic E-state index is 11.3. The summed E-state index contributed by atoms with van der Waals surface area (Å²) in [7, 11) is 0. The number of ether oxygens (including phenoxy) is 2. The number of anilines is 3. The van der Waals surface area contributed by atoms with Gasteiger partial charge in [-0.2, -0.15) is 4.98 Å². The van der Waals surface area contributed by atoms with Crippen molar-refractivity contribution in [1.29, 1.82) is 0 Å². The average Bonchev–Trinajstić information content (AvgIpc) is 3.13. The quantitative estimate of drug-likeness (QED) is 0.626. The van der Waals surface area contributed by atoms with Crippen LogP contribution in [0.5, 0.6) is 11.5 Å². The fourth-order valence-corrected chi connectivity index (χ4v) is 2.91. The van der Waals surface area contributed by atoms with Crippen LogP contribution in [-0.4, -0.2) is 22.7 Å². The summed E-state index contributed by atoms with van der Waals surface area (Å²) in [4.78, 5) is 19.8. The molecule has 28 heavy (non-hydrogen) atoms. The van der Waals surface area contributed by atoms with Crippen LogP contribution in [0.25, 0.3) is 11.3 Å². The molecule has 8 nitrogen and oxygen atoms in total. The molecule has 0 saturated heterocycles. The Hall–Kier alpha value is -3.81. The van der Waals surface area contributed by atoms with Crippen LogP contribution >= 0.6 is 0 Å². The van der Waals surface area contributed by atoms with E-state index in [1.807, 2.05) is 48.5 Å². The summed E-state index contributed by atoms with van der Waals surface area (Å²) >= 11 is 0. The number of hydrogen-bond donors (Lipinski definition) is 3. The highest BCUT2D eigenvalue weighted by atomic mass is 16.7. The zero-order chi connectivity index (χ0) is 19.5. The Morgan fingerprint density at radius 3 is 2.82 bits per heavy atom. The van der Waals surface area contributed by atoms with Gasteiger partial charge in [0.2, 0.25) is 18.6 Å². The van der Waals surface area contributed by atoms with Gasteiger partial charge in [-0.25, -0.2) is 4.98 Å². The fourth-order valence-electron chi connectivity index (χ4n) is 2.91. The van der Waals surface area contributed by atoms with Crippen LogP contribution < -0.4 is 25.8 Å². The molecule has 0 atom stereocenters. The number of benzene rings is 2. The molecule has 0 saturated carbocycles. The van der Waals surface area contributed by atoms with Crippen LogP contribution in [0.15, 0.2) is 48.5 Å². The SMILES string of the molecule is CC(=O)Nc1cccc(-c2cc(NCc3ccc4c(c3)OCO4)nc(N)n2)c1. The van der Waals surface area contributed by atoms with Gasteiger partial charge in [0.25, 0.3) is 0 Å². The lowest BCUT2D eigenvalue weighted by Gasteiger charge is -2.10. The molecule has 2 heterocycles. The molecule has 1 aromatic heterocycles. The van der Waals surface area contributed by atoms with Crippen molar-refractivity contribution in [3.8, 4) is 22.8 Å². The molecule has 2 aromatic carbocycles. The first kappa shape index (κ1) is 17.6. The van der Waals surface area contributed by atoms with Gasteiger partial charge in [0.15, 0.2) is 11.5 Å². The van der Waals surface area contributed by atoms with Gasteiger partial charge in [-0.05, 0) is 29.8 Å². The van der Waals surface area contributed by atoms with Crippen LogP contribution in [0.4, 0.5) is 17.5 Å². The first-order valence-electron chi connectivity index (χ1n) is 8.72. The van der Waals surface area contributed by atoms with E-state index in [4.69, 9.17) is 15.2 Å². The molecule has 1 amide bonds. The predicted molar refractivity (Wildman–Crippen MR) is 106 cm³/mol. The summed E-state index contributed by atoms with van der Waals surface area (Å²) in [5.41, 5.74) is 9.09. The summed E-state index contributed by atoms with van der Waals surface area (Å²) in [6.07, 6.45) is 0. The number of amides is 1. The number of aromatic nitrogens is 2. The van der Waals surface area contributed by atoms with Gasteiger partial charge in [0.1, 0.15) is 5.82 Å². The van der Waals surface area contributed by atoms with E-state index in [-0.39, 0.29) is 18.6 Å². The van der Waals surface area contributed by atoms with E-state index in [1.165, 1.54) is 6.92 Å². The first-order chi connectivity index (χ1) is 13.6. The highest BCUT2D eigenvalue weighted by Crippen LogP contribution is 2.32. The lowest BCUT2D eigenvalue weighted by Crippen LogP contribution is -2.06. The number of hydrogen-bond acceptors (Lipinski definition) is 7. The Morgan fingerprint density at radius 2 is 1.96 bits per heavy atom. The second-order valence-electron chi connectivity index (χ2n) is 6.30. The van der Waals surface area contributed by atoms with Crippen molar-refractivity contribution in [2.75, 3.05) is 23.2 Å². The van der Waals surface area contributed by atoms with Crippen LogP contribution in [0, 0.1) is 0 Å². The van der Waals surface area contributed by atoms with Gasteiger partial charge in [0, 0.05) is 30.8 Å². The largest absolute Gasteiger partial charge is 0.454 e. The Labute approximate surface area is 161 Å². The topological polar surface area (TPSA) is 111 Å². The van der Waals surface area contributed by atoms with Gasteiger partial charge in [-0.3, -0.25) is 4.79 Å². The zero-order valence-corrected chi connectivity index (χ0v) is 15.2. The molecule has 1 aliphatic rings. The molecule has 0 bridgehead atoms. The summed E-state index contributed by atoms with van der Waals surface area (Å²) in [6.45, 7) is 2.25. The van der Waals surface area contributed by atoms with Gasteiger partial charge in [-0.1, -0.05) is 18.2 Å². The summed E-state index contributed by atoms with van der Waals surface area (Å²) in [6, 6.07) is 15.0. The Kier molecular flexibility index (Phi) is 4.67. The van der Waals surface area contributed by atoms with Crippen LogP contribution in [-0.2, 0) is 11.3 Å². The molecule has 0 fully saturated rings. The third-order valence-electron chi connectivity index (χ3n) is 4.13. The first-order valence-corrected chi connectivity index (χ1v) is 8.72. The smallest absolute Gasteiger partial charge is 0.231 e. The maximum Gasteiger partial charge on any atom is 0.231 e. The number of nitrogens with zero attached hydrogens (tertiary/aromatic N) is 2. The number of carbonyl (C=O) groups is 1. The van der Waals surface area contributed by atoms with E-state index >= 15 is 0 Å². The summed E-state index contributed by atoms with van der Waals surface area (Å²) in [5, 5.41) is 6.01. The second kappa shape index (κ2) is 7.43. The second-order valence-corrected chi connectivity index (χ2v) is 6.30. The summed E-state index contributed by atoms with van der Waals surface area (Å²) in [5.74, 6) is 2.11. The van der Waals surface area contributed by atoms with E-state index in [9.17, 15) is 4.79 Å². The molecule has 0 aliphatic carbocycles. The van der Waals surface area contributed by atoms with Crippen molar-refractivity contribution in [3.05, 3.63) is 54.1 Å².